The third kappa shape index (κ3) is 2.08. The first-order chi connectivity index (χ1) is 7.25. The molecule has 2 aliphatic rings. The van der Waals surface area contributed by atoms with Gasteiger partial charge in [-0.25, -0.2) is 8.42 Å². The predicted molar refractivity (Wildman–Crippen MR) is 76.4 cm³/mol. The molecule has 16 heavy (non-hydrogen) atoms. The minimum Gasteiger partial charge on any atom is -0.269 e. The molecular weight excluding hydrogens is 330 g/mol. The van der Waals surface area contributed by atoms with Gasteiger partial charge in [-0.05, 0) is 20.8 Å². The highest BCUT2D eigenvalue weighted by Crippen LogP contribution is 2.57. The van der Waals surface area contributed by atoms with Crippen LogP contribution in [-0.2, 0) is 9.84 Å². The highest BCUT2D eigenvalue weighted by Gasteiger charge is 2.60. The van der Waals surface area contributed by atoms with Crippen molar-refractivity contribution >= 4 is 53.7 Å². The summed E-state index contributed by atoms with van der Waals surface area (Å²) < 4.78 is 23.9. The Balaban J connectivity index is 2.28. The van der Waals surface area contributed by atoms with Crippen LogP contribution in [0.4, 0.5) is 0 Å². The van der Waals surface area contributed by atoms with E-state index in [1.165, 1.54) is 0 Å². The first kappa shape index (κ1) is 13.2. The summed E-state index contributed by atoms with van der Waals surface area (Å²) in [5, 5.41) is 0.129. The van der Waals surface area contributed by atoms with E-state index < -0.39 is 14.0 Å². The van der Waals surface area contributed by atoms with E-state index in [-0.39, 0.29) is 21.8 Å². The van der Waals surface area contributed by atoms with E-state index in [9.17, 15) is 8.42 Å². The van der Waals surface area contributed by atoms with Gasteiger partial charge in [0, 0.05) is 11.3 Å². The van der Waals surface area contributed by atoms with Gasteiger partial charge in [-0.2, -0.15) is 0 Å². The van der Waals surface area contributed by atoms with E-state index in [0.29, 0.717) is 0 Å². The van der Waals surface area contributed by atoms with Gasteiger partial charge in [0.2, 0.25) is 0 Å². The predicted octanol–water partition coefficient (Wildman–Crippen LogP) is 2.51. The second kappa shape index (κ2) is 4.17. The van der Waals surface area contributed by atoms with E-state index in [1.807, 2.05) is 20.8 Å². The maximum atomic E-state index is 11.8. The summed E-state index contributed by atoms with van der Waals surface area (Å²) in [6.45, 7) is 6.09. The lowest BCUT2D eigenvalue weighted by Gasteiger charge is -2.22. The molecule has 0 spiro atoms. The van der Waals surface area contributed by atoms with Crippen LogP contribution in [-0.4, -0.2) is 38.7 Å². The maximum absolute atomic E-state index is 11.8. The van der Waals surface area contributed by atoms with Crippen molar-refractivity contribution in [3.8, 4) is 0 Å². The van der Waals surface area contributed by atoms with Gasteiger partial charge in [-0.1, -0.05) is 39.5 Å². The third-order valence-corrected chi connectivity index (χ3v) is 11.1. The van der Waals surface area contributed by atoms with Crippen LogP contribution in [0.15, 0.2) is 4.99 Å². The van der Waals surface area contributed by atoms with Gasteiger partial charge >= 0.3 is 0 Å². The fraction of sp³-hybridized carbons (Fsp3) is 0.889. The van der Waals surface area contributed by atoms with Crippen LogP contribution in [0.2, 0.25) is 0 Å². The molecule has 2 fully saturated rings. The lowest BCUT2D eigenvalue weighted by atomic mass is 10.1. The molecule has 0 N–H and O–H groups in total. The lowest BCUT2D eigenvalue weighted by Crippen LogP contribution is -2.33. The second-order valence-electron chi connectivity index (χ2n) is 4.53. The van der Waals surface area contributed by atoms with E-state index in [2.05, 4.69) is 20.9 Å². The molecule has 3 nitrogen and oxygen atoms in total. The number of fused-ring (bicyclic) bond motifs is 1. The molecule has 0 aliphatic carbocycles. The van der Waals surface area contributed by atoms with E-state index >= 15 is 0 Å². The molecule has 2 aliphatic heterocycles. The van der Waals surface area contributed by atoms with Crippen molar-refractivity contribution in [2.45, 2.75) is 41.0 Å². The minimum absolute atomic E-state index is 0.129. The molecule has 3 atom stereocenters. The van der Waals surface area contributed by atoms with Gasteiger partial charge in [0.05, 0.1) is 10.5 Å². The Morgan fingerprint density at radius 2 is 2.19 bits per heavy atom. The Morgan fingerprint density at radius 3 is 2.69 bits per heavy atom. The van der Waals surface area contributed by atoms with Crippen LogP contribution in [0.1, 0.15) is 20.8 Å². The largest absolute Gasteiger partial charge is 0.269 e. The Hall–Kier alpha value is 0.800. The normalized spacial score (nSPS) is 44.2. The number of rotatable bonds is 1. The number of aliphatic imine (C=N–C) groups is 1. The van der Waals surface area contributed by atoms with Crippen LogP contribution in [0.25, 0.3) is 0 Å². The molecule has 0 amide bonds. The van der Waals surface area contributed by atoms with Crippen molar-refractivity contribution in [2.24, 2.45) is 4.99 Å². The van der Waals surface area contributed by atoms with Crippen LogP contribution in [0.5, 0.6) is 0 Å². The summed E-state index contributed by atoms with van der Waals surface area (Å²) in [6, 6.07) is 0.266. The summed E-state index contributed by atoms with van der Waals surface area (Å²) >= 11 is 6.57. The molecule has 0 bridgehead atoms. The molecule has 0 unspecified atom stereocenters. The molecule has 2 rings (SSSR count). The summed E-state index contributed by atoms with van der Waals surface area (Å²) in [4.78, 5) is 4.51. The molecule has 0 saturated carbocycles. The van der Waals surface area contributed by atoms with Crippen LogP contribution >= 0.6 is 39.5 Å². The molecule has 2 heterocycles. The summed E-state index contributed by atoms with van der Waals surface area (Å²) in [5.74, 6) is 0.258. The number of sulfone groups is 1. The smallest absolute Gasteiger partial charge is 0.165 e. The Labute approximate surface area is 113 Å². The number of thioether (sulfide) groups is 2. The molecule has 0 aromatic carbocycles. The average molecular weight is 344 g/mol. The average Bonchev–Trinajstić information content (AvgIpc) is 2.47. The number of hydrogen-bond donors (Lipinski definition) is 0. The quantitative estimate of drug-likeness (QED) is 0.686. The second-order valence-corrected chi connectivity index (χ2v) is 11.1. The van der Waals surface area contributed by atoms with E-state index in [4.69, 9.17) is 0 Å². The van der Waals surface area contributed by atoms with Crippen LogP contribution in [0, 0.1) is 0 Å². The van der Waals surface area contributed by atoms with E-state index in [0.717, 1.165) is 4.38 Å². The highest BCUT2D eigenvalue weighted by molar-refractivity contribution is 9.11. The third-order valence-electron chi connectivity index (χ3n) is 2.70. The van der Waals surface area contributed by atoms with Crippen molar-refractivity contribution in [2.75, 3.05) is 5.75 Å². The van der Waals surface area contributed by atoms with Crippen molar-refractivity contribution in [1.82, 2.24) is 0 Å². The molecule has 0 aromatic heterocycles. The monoisotopic (exact) mass is 343 g/mol. The van der Waals surface area contributed by atoms with Crippen molar-refractivity contribution in [3.05, 3.63) is 0 Å². The lowest BCUT2D eigenvalue weighted by molar-refractivity contribution is 0.599. The molecule has 92 valence electrons. The summed E-state index contributed by atoms with van der Waals surface area (Å²) in [7, 11) is -2.97. The fourth-order valence-corrected chi connectivity index (χ4v) is 9.69. The van der Waals surface area contributed by atoms with Crippen molar-refractivity contribution in [1.29, 1.82) is 0 Å². The number of hydrogen-bond acceptors (Lipinski definition) is 5. The zero-order valence-corrected chi connectivity index (χ0v) is 13.3. The Kier molecular flexibility index (Phi) is 3.45. The maximum Gasteiger partial charge on any atom is 0.165 e. The molecule has 2 saturated heterocycles. The molecule has 0 radical (unpaired) electrons. The minimum atomic E-state index is -2.97. The van der Waals surface area contributed by atoms with Gasteiger partial charge in [0.15, 0.2) is 9.84 Å². The van der Waals surface area contributed by atoms with Gasteiger partial charge in [-0.15, -0.1) is 0 Å². The van der Waals surface area contributed by atoms with Gasteiger partial charge in [0.1, 0.15) is 8.53 Å². The van der Waals surface area contributed by atoms with Crippen LogP contribution in [0.3, 0.4) is 0 Å². The van der Waals surface area contributed by atoms with Crippen LogP contribution < -0.4 is 0 Å². The first-order valence-electron chi connectivity index (χ1n) is 5.05. The zero-order valence-electron chi connectivity index (χ0n) is 9.31. The van der Waals surface area contributed by atoms with Gasteiger partial charge < -0.3 is 0 Å². The summed E-state index contributed by atoms with van der Waals surface area (Å²) in [6.07, 6.45) is 0. The number of halogens is 1. The topological polar surface area (TPSA) is 46.5 Å². The van der Waals surface area contributed by atoms with E-state index in [1.54, 1.807) is 23.5 Å². The standard InChI is InChI=1S/C9H14BrNO2S3/c1-5(2)11-8-14-6-4-16(12,13)7(10)9(6,3)15-8/h5-7H,4H2,1-3H3/t6-,7+,9-/m0/s1. The summed E-state index contributed by atoms with van der Waals surface area (Å²) in [5.41, 5.74) is 0. The fourth-order valence-electron chi connectivity index (χ4n) is 1.83. The number of alkyl halides is 1. The first-order valence-corrected chi connectivity index (χ1v) is 9.37. The number of nitrogens with zero attached hydrogens (tertiary/aromatic N) is 1. The van der Waals surface area contributed by atoms with Gasteiger partial charge in [0.25, 0.3) is 0 Å². The zero-order chi connectivity index (χ0) is 12.1. The Bertz CT molecular complexity index is 434. The molecule has 7 heteroatoms. The van der Waals surface area contributed by atoms with Crippen molar-refractivity contribution in [3.63, 3.8) is 0 Å². The highest BCUT2D eigenvalue weighted by atomic mass is 79.9. The Morgan fingerprint density at radius 1 is 1.56 bits per heavy atom. The van der Waals surface area contributed by atoms with Crippen molar-refractivity contribution < 1.29 is 8.42 Å². The molecule has 0 aromatic rings. The molecular formula is C9H14BrNO2S3. The SMILES string of the molecule is CC(C)N=C1S[C@H]2CS(=O)(=O)[C@@H](Br)[C@@]2(C)S1. The van der Waals surface area contributed by atoms with Gasteiger partial charge in [-0.3, -0.25) is 4.99 Å².